The molecular weight excluding hydrogens is 261 g/mol. The summed E-state index contributed by atoms with van der Waals surface area (Å²) in [5.74, 6) is 0. The Labute approximate surface area is 97.2 Å². The van der Waals surface area contributed by atoms with E-state index < -0.39 is 6.36 Å². The van der Waals surface area contributed by atoms with Crippen LogP contribution in [0.1, 0.15) is 0 Å². The van der Waals surface area contributed by atoms with Crippen LogP contribution in [0.15, 0.2) is 30.3 Å². The van der Waals surface area contributed by atoms with Gasteiger partial charge in [0.2, 0.25) is 0 Å². The fourth-order valence-corrected chi connectivity index (χ4v) is 0.750. The van der Waals surface area contributed by atoms with Gasteiger partial charge in [0.15, 0.2) is 0 Å². The molecule has 0 bridgehead atoms. The second kappa shape index (κ2) is 7.60. The van der Waals surface area contributed by atoms with E-state index in [9.17, 15) is 13.2 Å². The fourth-order valence-electron chi connectivity index (χ4n) is 0.478. The minimum absolute atomic E-state index is 0. The highest BCUT2D eigenvalue weighted by atomic mass is 79.9. The van der Waals surface area contributed by atoms with Crippen molar-refractivity contribution in [3.8, 4) is 0 Å². The summed E-state index contributed by atoms with van der Waals surface area (Å²) in [5, 5.41) is 6.52. The molecule has 1 rings (SSSR count). The van der Waals surface area contributed by atoms with Gasteiger partial charge in [-0.1, -0.05) is 18.2 Å². The van der Waals surface area contributed by atoms with Crippen molar-refractivity contribution >= 4 is 42.4 Å². The van der Waals surface area contributed by atoms with Crippen LogP contribution in [0.25, 0.3) is 0 Å². The summed E-state index contributed by atoms with van der Waals surface area (Å²) in [7, 11) is 0. The molecule has 1 aromatic carbocycles. The van der Waals surface area contributed by atoms with Crippen LogP contribution in [-0.2, 0) is 0 Å². The summed E-state index contributed by atoms with van der Waals surface area (Å²) in [6.45, 7) is 0. The Hall–Kier alpha value is 0.216. The van der Waals surface area contributed by atoms with Crippen LogP contribution >= 0.6 is 17.0 Å². The Morgan fingerprint density at radius 3 is 1.54 bits per heavy atom. The van der Waals surface area contributed by atoms with Crippen LogP contribution < -0.4 is 3.69 Å². The molecule has 1 nitrogen and oxygen atoms in total. The Balaban J connectivity index is 0. The topological polar surface area (TPSA) is 20.2 Å². The van der Waals surface area contributed by atoms with E-state index in [0.717, 1.165) is 0 Å². The molecule has 0 aromatic heterocycles. The van der Waals surface area contributed by atoms with Gasteiger partial charge in [-0.25, -0.2) is 0 Å². The molecule has 1 N–H and O–H groups in total. The van der Waals surface area contributed by atoms with Gasteiger partial charge in [0.25, 0.3) is 0 Å². The Bertz CT molecular complexity index is 209. The maximum absolute atomic E-state index is 9.91. The van der Waals surface area contributed by atoms with E-state index >= 15 is 0 Å². The minimum atomic E-state index is -5.00. The summed E-state index contributed by atoms with van der Waals surface area (Å²) < 4.78 is 31.1. The molecule has 0 spiro atoms. The van der Waals surface area contributed by atoms with Crippen molar-refractivity contribution in [1.29, 1.82) is 0 Å². The second-order valence-electron chi connectivity index (χ2n) is 1.95. The number of benzene rings is 1. The average molecular weight is 268 g/mol. The van der Waals surface area contributed by atoms with Crippen LogP contribution in [0.4, 0.5) is 13.2 Å². The van der Waals surface area contributed by atoms with Gasteiger partial charge in [-0.05, 0) is 0 Å². The van der Waals surface area contributed by atoms with Crippen molar-refractivity contribution in [3.63, 3.8) is 0 Å². The smallest absolute Gasteiger partial charge is 0.308 e. The van der Waals surface area contributed by atoms with Gasteiger partial charge in [0, 0.05) is 12.1 Å². The predicted molar refractivity (Wildman–Crippen MR) is 50.4 cm³/mol. The van der Waals surface area contributed by atoms with E-state index in [0.29, 0.717) is 0 Å². The summed E-state index contributed by atoms with van der Waals surface area (Å²) in [6, 6.07) is 10.3. The van der Waals surface area contributed by atoms with Gasteiger partial charge in [0.1, 0.15) is 0 Å². The van der Waals surface area contributed by atoms with Crippen molar-refractivity contribution < 1.29 is 18.3 Å². The SMILES string of the molecule is Br.OC(F)(F)F.[Mg+2][c]1ccccc1. The summed E-state index contributed by atoms with van der Waals surface area (Å²) in [6.07, 6.45) is -5.00. The average Bonchev–Trinajstić information content (AvgIpc) is 1.85. The molecule has 0 fully saturated rings. The third kappa shape index (κ3) is 18.9. The maximum Gasteiger partial charge on any atom is 1.47 e. The highest BCUT2D eigenvalue weighted by Gasteiger charge is 2.28. The zero-order chi connectivity index (χ0) is 9.61. The number of halogens is 4. The van der Waals surface area contributed by atoms with Gasteiger partial charge < -0.3 is 5.11 Å². The lowest BCUT2D eigenvalue weighted by Crippen LogP contribution is -2.01. The van der Waals surface area contributed by atoms with E-state index in [1.807, 2.05) is 39.9 Å². The molecule has 0 aliphatic heterocycles. The van der Waals surface area contributed by atoms with E-state index in [4.69, 9.17) is 5.11 Å². The third-order valence-corrected chi connectivity index (χ3v) is 1.31. The van der Waals surface area contributed by atoms with Gasteiger partial charge in [0.05, 0.1) is 0 Å². The van der Waals surface area contributed by atoms with E-state index in [-0.39, 0.29) is 17.0 Å². The lowest BCUT2D eigenvalue weighted by Gasteiger charge is -1.86. The first-order valence-electron chi connectivity index (χ1n) is 3.05. The monoisotopic (exact) mass is 267 g/mol. The Kier molecular flexibility index (Phi) is 9.17. The molecule has 0 saturated carbocycles. The molecule has 6 heteroatoms. The molecule has 13 heavy (non-hydrogen) atoms. The highest BCUT2D eigenvalue weighted by Crippen LogP contribution is 2.06. The predicted octanol–water partition coefficient (Wildman–Crippen LogP) is 1.56. The molecule has 0 saturated heterocycles. The number of alkyl halides is 3. The zero-order valence-corrected chi connectivity index (χ0v) is 9.71. The first-order chi connectivity index (χ1) is 5.39. The zero-order valence-electron chi connectivity index (χ0n) is 6.58. The van der Waals surface area contributed by atoms with Crippen molar-refractivity contribution in [2.45, 2.75) is 6.36 Å². The van der Waals surface area contributed by atoms with Crippen molar-refractivity contribution in [2.75, 3.05) is 0 Å². The van der Waals surface area contributed by atoms with E-state index in [1.54, 1.807) is 0 Å². The molecule has 0 aliphatic carbocycles. The third-order valence-electron chi connectivity index (χ3n) is 0.843. The van der Waals surface area contributed by atoms with Gasteiger partial charge in [-0.15, -0.1) is 30.2 Å². The minimum Gasteiger partial charge on any atom is -0.308 e. The fraction of sp³-hybridized carbons (Fsp3) is 0.143. The highest BCUT2D eigenvalue weighted by molar-refractivity contribution is 8.93. The molecule has 0 atom stereocenters. The molecule has 1 aromatic rings. The quantitative estimate of drug-likeness (QED) is 0.708. The maximum atomic E-state index is 9.91. The van der Waals surface area contributed by atoms with Crippen molar-refractivity contribution in [3.05, 3.63) is 30.3 Å². The second-order valence-corrected chi connectivity index (χ2v) is 2.77. The van der Waals surface area contributed by atoms with Gasteiger partial charge in [-0.2, -0.15) is 0 Å². The largest absolute Gasteiger partial charge is 1.47 e. The van der Waals surface area contributed by atoms with Crippen LogP contribution in [0, 0.1) is 0 Å². The Morgan fingerprint density at radius 2 is 1.38 bits per heavy atom. The summed E-state index contributed by atoms with van der Waals surface area (Å²) >= 11 is 1.90. The normalized spacial score (nSPS) is 9.31. The van der Waals surface area contributed by atoms with Crippen LogP contribution in [0.2, 0.25) is 0 Å². The molecular formula is C7H7BrF3MgO+2. The van der Waals surface area contributed by atoms with Crippen LogP contribution in [-0.4, -0.2) is 33.2 Å². The van der Waals surface area contributed by atoms with Gasteiger partial charge in [-0.3, -0.25) is 0 Å². The van der Waals surface area contributed by atoms with Crippen molar-refractivity contribution in [2.24, 2.45) is 0 Å². The van der Waals surface area contributed by atoms with Gasteiger partial charge >= 0.3 is 31.8 Å². The molecule has 0 heterocycles. The lowest BCUT2D eigenvalue weighted by atomic mass is 10.4. The van der Waals surface area contributed by atoms with Crippen LogP contribution in [0.3, 0.4) is 0 Å². The molecule has 69 valence electrons. The number of hydrogen-bond acceptors (Lipinski definition) is 1. The standard InChI is InChI=1S/C6H5.CHF3O.BrH.Mg/c1-2-4-6-5-3-1;2-1(3,4)5;;/h1-5H;5H;1H;/q;;;+2. The van der Waals surface area contributed by atoms with Crippen molar-refractivity contribution in [1.82, 2.24) is 0 Å². The van der Waals surface area contributed by atoms with E-state index in [1.165, 1.54) is 3.69 Å². The van der Waals surface area contributed by atoms with Crippen LogP contribution in [0.5, 0.6) is 0 Å². The molecule has 0 unspecified atom stereocenters. The first-order valence-corrected chi connectivity index (χ1v) is 3.76. The lowest BCUT2D eigenvalue weighted by molar-refractivity contribution is -0.295. The summed E-state index contributed by atoms with van der Waals surface area (Å²) in [5.41, 5.74) is 0. The number of rotatable bonds is 0. The number of aliphatic hydroxyl groups is 1. The van der Waals surface area contributed by atoms with E-state index in [2.05, 4.69) is 12.1 Å². The first kappa shape index (κ1) is 15.7. The molecule has 0 amide bonds. The molecule has 7 radical (unpaired) electrons. The summed E-state index contributed by atoms with van der Waals surface area (Å²) in [4.78, 5) is 0. The molecule has 0 aliphatic rings. The number of hydrogen-bond donors (Lipinski definition) is 1. The Morgan fingerprint density at radius 1 is 1.08 bits per heavy atom.